The molecule has 2 heterocycles. The average molecular weight is 485 g/mol. The second-order valence-corrected chi connectivity index (χ2v) is 7.94. The molecule has 182 valence electrons. The highest BCUT2D eigenvalue weighted by molar-refractivity contribution is 6.04. The van der Waals surface area contributed by atoms with Crippen LogP contribution in [0.15, 0.2) is 86.6 Å². The van der Waals surface area contributed by atoms with E-state index in [2.05, 4.69) is 21.2 Å². The predicted octanol–water partition coefficient (Wildman–Crippen LogP) is 3.74. The van der Waals surface area contributed by atoms with Crippen LogP contribution in [0.2, 0.25) is 0 Å². The van der Waals surface area contributed by atoms with Crippen LogP contribution in [0.4, 0.5) is 0 Å². The number of carbonyl (C=O) groups excluding carboxylic acids is 2. The van der Waals surface area contributed by atoms with Crippen molar-refractivity contribution in [1.29, 1.82) is 5.41 Å². The van der Waals surface area contributed by atoms with Crippen LogP contribution in [-0.2, 0) is 0 Å². The quantitative estimate of drug-likeness (QED) is 0.168. The molecule has 2 amide bonds. The van der Waals surface area contributed by atoms with Gasteiger partial charge >= 0.3 is 5.91 Å². The normalized spacial score (nSPS) is 11.1. The summed E-state index contributed by atoms with van der Waals surface area (Å²) in [5, 5.41) is 10.2. The van der Waals surface area contributed by atoms with Gasteiger partial charge in [-0.1, -0.05) is 53.6 Å². The van der Waals surface area contributed by atoms with Gasteiger partial charge in [-0.25, -0.2) is 0 Å². The fourth-order valence-corrected chi connectivity index (χ4v) is 3.26. The molecule has 2 aromatic carbocycles. The fourth-order valence-electron chi connectivity index (χ4n) is 3.26. The highest BCUT2D eigenvalue weighted by atomic mass is 16.4. The van der Waals surface area contributed by atoms with E-state index >= 15 is 0 Å². The molecule has 0 aliphatic heterocycles. The Hall–Kier alpha value is -5.12. The minimum Gasteiger partial charge on any atom is -0.451 e. The molecule has 6 N–H and O–H groups in total. The van der Waals surface area contributed by atoms with Crippen LogP contribution in [0.3, 0.4) is 0 Å². The summed E-state index contributed by atoms with van der Waals surface area (Å²) in [7, 11) is 0. The van der Waals surface area contributed by atoms with Gasteiger partial charge in [-0.15, -0.1) is 0 Å². The van der Waals surface area contributed by atoms with Gasteiger partial charge in [-0.2, -0.15) is 4.99 Å². The third-order valence-electron chi connectivity index (χ3n) is 5.06. The number of hydrogen-bond acceptors (Lipinski definition) is 5. The van der Waals surface area contributed by atoms with Crippen molar-refractivity contribution in [1.82, 2.24) is 16.2 Å². The van der Waals surface area contributed by atoms with Crippen molar-refractivity contribution in [3.05, 3.63) is 95.4 Å². The number of benzene rings is 2. The maximum atomic E-state index is 12.4. The minimum atomic E-state index is -0.713. The molecule has 0 unspecified atom stereocenters. The molecular formula is C26H24N6O4. The fraction of sp³-hybridized carbons (Fsp3) is 0.0769. The summed E-state index contributed by atoms with van der Waals surface area (Å²) in [6, 6.07) is 21.7. The molecule has 0 aliphatic rings. The lowest BCUT2D eigenvalue weighted by Crippen LogP contribution is -2.51. The van der Waals surface area contributed by atoms with E-state index in [1.807, 2.05) is 62.4 Å². The molecule has 10 nitrogen and oxygen atoms in total. The Morgan fingerprint density at radius 1 is 0.806 bits per heavy atom. The maximum absolute atomic E-state index is 12.4. The van der Waals surface area contributed by atoms with Crippen LogP contribution < -0.4 is 21.9 Å². The lowest BCUT2D eigenvalue weighted by Gasteiger charge is -2.09. The summed E-state index contributed by atoms with van der Waals surface area (Å²) < 4.78 is 11.2. The van der Waals surface area contributed by atoms with Crippen molar-refractivity contribution in [3.8, 4) is 22.6 Å². The van der Waals surface area contributed by atoms with Gasteiger partial charge in [0.05, 0.1) is 0 Å². The lowest BCUT2D eigenvalue weighted by molar-refractivity contribution is 0.0946. The Bertz CT molecular complexity index is 1450. The van der Waals surface area contributed by atoms with Gasteiger partial charge in [0, 0.05) is 11.1 Å². The topological polar surface area (TPSA) is 159 Å². The first-order valence-electron chi connectivity index (χ1n) is 10.9. The standard InChI is InChI=1S/C26H24N6O4/c1-15-6-8-17(9-7-15)19-10-12-21(35-19)23(33)29-25(27)31-32-26(28)30-24(34)22-13-11-20(36-22)18-5-3-4-16(2)14-18/h3-14H,1-2H3,(H3,27,29,31,33)(H3,28,30,32,34). The Morgan fingerprint density at radius 3 is 2.19 bits per heavy atom. The number of nitrogens with one attached hydrogen (secondary N) is 4. The van der Waals surface area contributed by atoms with Gasteiger partial charge in [-0.05, 0) is 44.2 Å². The Balaban J connectivity index is 1.29. The first kappa shape index (κ1) is 24.0. The van der Waals surface area contributed by atoms with Gasteiger partial charge < -0.3 is 14.6 Å². The van der Waals surface area contributed by atoms with Gasteiger partial charge in [0.2, 0.25) is 11.9 Å². The average Bonchev–Trinajstić information content (AvgIpc) is 3.54. The molecule has 0 spiro atoms. The van der Waals surface area contributed by atoms with Gasteiger partial charge in [0.15, 0.2) is 11.5 Å². The molecule has 0 radical (unpaired) electrons. The number of hydrazine groups is 1. The van der Waals surface area contributed by atoms with Crippen LogP contribution in [0, 0.1) is 19.3 Å². The molecule has 0 saturated heterocycles. The van der Waals surface area contributed by atoms with Crippen LogP contribution in [0.1, 0.15) is 32.2 Å². The molecular weight excluding hydrogens is 460 g/mol. The number of nitrogens with zero attached hydrogens (tertiary/aromatic N) is 1. The van der Waals surface area contributed by atoms with E-state index in [0.717, 1.165) is 22.3 Å². The van der Waals surface area contributed by atoms with Gasteiger partial charge in [-0.3, -0.25) is 31.2 Å². The summed E-state index contributed by atoms with van der Waals surface area (Å²) in [6.07, 6.45) is 0. The van der Waals surface area contributed by atoms with E-state index in [-0.39, 0.29) is 17.5 Å². The summed E-state index contributed by atoms with van der Waals surface area (Å²) >= 11 is 0. The van der Waals surface area contributed by atoms with E-state index in [4.69, 9.17) is 20.0 Å². The second-order valence-electron chi connectivity index (χ2n) is 7.94. The van der Waals surface area contributed by atoms with E-state index in [9.17, 15) is 9.59 Å². The molecule has 0 saturated carbocycles. The van der Waals surface area contributed by atoms with Crippen molar-refractivity contribution < 1.29 is 18.4 Å². The molecule has 10 heteroatoms. The zero-order chi connectivity index (χ0) is 25.7. The largest absolute Gasteiger partial charge is 0.451 e. The van der Waals surface area contributed by atoms with Crippen molar-refractivity contribution in [2.75, 3.05) is 0 Å². The lowest BCUT2D eigenvalue weighted by atomic mass is 10.1. The molecule has 0 fully saturated rings. The van der Waals surface area contributed by atoms with Gasteiger partial charge in [0.25, 0.3) is 5.91 Å². The number of guanidine groups is 2. The number of carbonyl (C=O) groups is 2. The minimum absolute atomic E-state index is 0.00170. The highest BCUT2D eigenvalue weighted by Gasteiger charge is 2.15. The number of nitrogens with two attached hydrogens (primary N) is 1. The van der Waals surface area contributed by atoms with Crippen molar-refractivity contribution in [2.24, 2.45) is 10.7 Å². The monoisotopic (exact) mass is 484 g/mol. The van der Waals surface area contributed by atoms with E-state index in [1.165, 1.54) is 12.1 Å². The van der Waals surface area contributed by atoms with Crippen LogP contribution in [0.5, 0.6) is 0 Å². The third kappa shape index (κ3) is 5.86. The molecule has 2 aromatic heterocycles. The first-order valence-corrected chi connectivity index (χ1v) is 10.9. The molecule has 4 aromatic rings. The van der Waals surface area contributed by atoms with Gasteiger partial charge in [0.1, 0.15) is 11.5 Å². The second kappa shape index (κ2) is 10.4. The predicted molar refractivity (Wildman–Crippen MR) is 135 cm³/mol. The van der Waals surface area contributed by atoms with E-state index < -0.39 is 17.8 Å². The molecule has 4 rings (SSSR count). The third-order valence-corrected chi connectivity index (χ3v) is 5.06. The first-order chi connectivity index (χ1) is 17.3. The number of aryl methyl sites for hydroxylation is 2. The van der Waals surface area contributed by atoms with Crippen LogP contribution >= 0.6 is 0 Å². The smallest absolute Gasteiger partial charge is 0.315 e. The SMILES string of the molecule is Cc1ccc(-c2ccc(C(=O)NC(=N)NNC(N)=NC(=O)c3ccc(-c4cccc(C)c4)o3)o2)cc1. The maximum Gasteiger partial charge on any atom is 0.315 e. The summed E-state index contributed by atoms with van der Waals surface area (Å²) in [6.45, 7) is 3.93. The van der Waals surface area contributed by atoms with Crippen molar-refractivity contribution in [2.45, 2.75) is 13.8 Å². The molecule has 0 aliphatic carbocycles. The van der Waals surface area contributed by atoms with Crippen molar-refractivity contribution in [3.63, 3.8) is 0 Å². The number of rotatable bonds is 4. The summed E-state index contributed by atoms with van der Waals surface area (Å²) in [5.41, 5.74) is 14.2. The van der Waals surface area contributed by atoms with Crippen LogP contribution in [0.25, 0.3) is 22.6 Å². The number of hydrogen-bond donors (Lipinski definition) is 5. The Labute approximate surface area is 206 Å². The Morgan fingerprint density at radius 2 is 1.47 bits per heavy atom. The van der Waals surface area contributed by atoms with E-state index in [0.29, 0.717) is 11.5 Å². The highest BCUT2D eigenvalue weighted by Crippen LogP contribution is 2.24. The number of furan rings is 2. The summed E-state index contributed by atoms with van der Waals surface area (Å²) in [5.74, 6) is -1.04. The molecule has 36 heavy (non-hydrogen) atoms. The number of aliphatic imine (C=N–C) groups is 1. The van der Waals surface area contributed by atoms with Crippen LogP contribution in [-0.4, -0.2) is 23.7 Å². The number of amides is 2. The molecule has 0 atom stereocenters. The Kier molecular flexibility index (Phi) is 6.96. The summed E-state index contributed by atoms with van der Waals surface area (Å²) in [4.78, 5) is 28.4. The molecule has 0 bridgehead atoms. The van der Waals surface area contributed by atoms with E-state index in [1.54, 1.807) is 12.1 Å². The zero-order valence-corrected chi connectivity index (χ0v) is 19.6. The van der Waals surface area contributed by atoms with Crippen molar-refractivity contribution >= 4 is 23.7 Å². The zero-order valence-electron chi connectivity index (χ0n) is 19.6.